The molecule has 0 saturated heterocycles. The molecule has 1 aliphatic rings. The molecule has 4 nitrogen and oxygen atoms in total. The first-order chi connectivity index (χ1) is 12.7. The molecule has 0 fully saturated rings. The highest BCUT2D eigenvalue weighted by Gasteiger charge is 2.27. The van der Waals surface area contributed by atoms with E-state index in [2.05, 4.69) is 36.5 Å². The average Bonchev–Trinajstić information content (AvgIpc) is 2.68. The van der Waals surface area contributed by atoms with Gasteiger partial charge in [-0.15, -0.1) is 0 Å². The van der Waals surface area contributed by atoms with E-state index in [4.69, 9.17) is 9.47 Å². The van der Waals surface area contributed by atoms with E-state index < -0.39 is 0 Å². The molecule has 1 aliphatic heterocycles. The van der Waals surface area contributed by atoms with Crippen LogP contribution in [0.25, 0.3) is 0 Å². The lowest BCUT2D eigenvalue weighted by molar-refractivity contribution is -0.126. The first-order valence-electron chi connectivity index (χ1n) is 8.87. The lowest BCUT2D eigenvalue weighted by atomic mass is 9.95. The second-order valence-electron chi connectivity index (χ2n) is 6.43. The van der Waals surface area contributed by atoms with Crippen LogP contribution in [-0.4, -0.2) is 31.9 Å². The number of amides is 1. The van der Waals surface area contributed by atoms with E-state index in [9.17, 15) is 4.79 Å². The molecule has 5 heteroatoms. The largest absolute Gasteiger partial charge is 0.493 e. The highest BCUT2D eigenvalue weighted by Crippen LogP contribution is 2.36. The van der Waals surface area contributed by atoms with Gasteiger partial charge in [0.05, 0.1) is 13.0 Å². The Hall–Kier alpha value is -2.14. The summed E-state index contributed by atoms with van der Waals surface area (Å²) >= 11 is 1.84. The van der Waals surface area contributed by atoms with Crippen LogP contribution in [0.15, 0.2) is 42.5 Å². The molecule has 2 aromatic carbocycles. The molecule has 0 unspecified atom stereocenters. The number of thioether (sulfide) groups is 1. The first kappa shape index (κ1) is 18.6. The third kappa shape index (κ3) is 4.52. The van der Waals surface area contributed by atoms with Crippen LogP contribution in [0.3, 0.4) is 0 Å². The third-order valence-electron chi connectivity index (χ3n) is 4.61. The minimum atomic E-state index is -0.143. The Morgan fingerprint density at radius 3 is 2.92 bits per heavy atom. The maximum Gasteiger partial charge on any atom is 0.226 e. The zero-order valence-electron chi connectivity index (χ0n) is 15.3. The minimum Gasteiger partial charge on any atom is -0.493 e. The van der Waals surface area contributed by atoms with Crippen molar-refractivity contribution in [3.63, 3.8) is 0 Å². The predicted molar refractivity (Wildman–Crippen MR) is 106 cm³/mol. The quantitative estimate of drug-likeness (QED) is 0.756. The van der Waals surface area contributed by atoms with Crippen LogP contribution in [0, 0.1) is 12.8 Å². The number of para-hydroxylation sites is 1. The summed E-state index contributed by atoms with van der Waals surface area (Å²) in [6.07, 6.45) is 0.689. The van der Waals surface area contributed by atoms with Crippen molar-refractivity contribution in [2.45, 2.75) is 19.1 Å². The molecule has 1 N–H and O–H groups in total. The number of ether oxygens (including phenoxy) is 2. The highest BCUT2D eigenvalue weighted by molar-refractivity contribution is 7.98. The van der Waals surface area contributed by atoms with Crippen molar-refractivity contribution in [2.75, 3.05) is 26.0 Å². The number of fused-ring (bicyclic) bond motifs is 1. The van der Waals surface area contributed by atoms with Crippen molar-refractivity contribution in [2.24, 2.45) is 5.92 Å². The zero-order chi connectivity index (χ0) is 18.4. The summed E-state index contributed by atoms with van der Waals surface area (Å²) in [5.74, 6) is 3.30. The fraction of sp³-hybridized carbons (Fsp3) is 0.381. The third-order valence-corrected chi connectivity index (χ3v) is 5.62. The summed E-state index contributed by atoms with van der Waals surface area (Å²) in [5, 5.41) is 3.04. The van der Waals surface area contributed by atoms with Crippen LogP contribution >= 0.6 is 11.8 Å². The fourth-order valence-corrected chi connectivity index (χ4v) is 4.00. The van der Waals surface area contributed by atoms with Gasteiger partial charge in [-0.3, -0.25) is 4.79 Å². The number of nitrogens with one attached hydrogen (secondary N) is 1. The van der Waals surface area contributed by atoms with Crippen LogP contribution in [0.4, 0.5) is 0 Å². The number of aryl methyl sites for hydroxylation is 1. The molecule has 0 aromatic heterocycles. The summed E-state index contributed by atoms with van der Waals surface area (Å²) < 4.78 is 11.1. The van der Waals surface area contributed by atoms with E-state index in [1.165, 1.54) is 11.1 Å². The van der Waals surface area contributed by atoms with Gasteiger partial charge < -0.3 is 14.8 Å². The maximum atomic E-state index is 12.4. The number of hydrogen-bond acceptors (Lipinski definition) is 4. The molecule has 2 aromatic rings. The lowest BCUT2D eigenvalue weighted by Crippen LogP contribution is -2.38. The van der Waals surface area contributed by atoms with Crippen molar-refractivity contribution in [3.8, 4) is 11.5 Å². The minimum absolute atomic E-state index is 0.0648. The van der Waals surface area contributed by atoms with E-state index in [-0.39, 0.29) is 11.8 Å². The standard InChI is InChI=1S/C21H25NO3S/c1-15-6-3-4-7-17(15)14-26-11-10-22-21(23)18-12-16-8-5-9-19(24-2)20(16)25-13-18/h3-9,18H,10-14H2,1-2H3,(H,22,23)/t18-/m0/s1. The van der Waals surface area contributed by atoms with Gasteiger partial charge in [0.25, 0.3) is 0 Å². The predicted octanol–water partition coefficient (Wildman–Crippen LogP) is 3.60. The van der Waals surface area contributed by atoms with Crippen molar-refractivity contribution in [1.82, 2.24) is 5.32 Å². The normalized spacial score (nSPS) is 15.7. The second kappa shape index (κ2) is 8.99. The second-order valence-corrected chi connectivity index (χ2v) is 7.54. The number of rotatable bonds is 7. The highest BCUT2D eigenvalue weighted by atomic mass is 32.2. The van der Waals surface area contributed by atoms with Gasteiger partial charge in [-0.25, -0.2) is 0 Å². The molecule has 0 radical (unpaired) electrons. The van der Waals surface area contributed by atoms with Crippen molar-refractivity contribution < 1.29 is 14.3 Å². The molecule has 0 spiro atoms. The molecule has 0 bridgehead atoms. The Labute approximate surface area is 159 Å². The Morgan fingerprint density at radius 1 is 1.27 bits per heavy atom. The lowest BCUT2D eigenvalue weighted by Gasteiger charge is -2.25. The summed E-state index contributed by atoms with van der Waals surface area (Å²) in [4.78, 5) is 12.4. The van der Waals surface area contributed by atoms with Gasteiger partial charge in [0.1, 0.15) is 6.61 Å². The SMILES string of the molecule is COc1cccc2c1OC[C@@H](C(=O)NCCSCc1ccccc1C)C2. The average molecular weight is 372 g/mol. The molecule has 1 atom stereocenters. The Bertz CT molecular complexity index is 763. The van der Waals surface area contributed by atoms with Crippen LogP contribution in [-0.2, 0) is 17.0 Å². The molecule has 1 amide bonds. The molecule has 26 heavy (non-hydrogen) atoms. The first-order valence-corrected chi connectivity index (χ1v) is 10.0. The Morgan fingerprint density at radius 2 is 2.12 bits per heavy atom. The zero-order valence-corrected chi connectivity index (χ0v) is 16.1. The van der Waals surface area contributed by atoms with Gasteiger partial charge in [-0.1, -0.05) is 36.4 Å². The van der Waals surface area contributed by atoms with E-state index in [1.54, 1.807) is 7.11 Å². The van der Waals surface area contributed by atoms with E-state index >= 15 is 0 Å². The number of carbonyl (C=O) groups excluding carboxylic acids is 1. The Balaban J connectivity index is 1.42. The summed E-state index contributed by atoms with van der Waals surface area (Å²) in [5.41, 5.74) is 3.71. The van der Waals surface area contributed by atoms with Crippen LogP contribution in [0.1, 0.15) is 16.7 Å². The van der Waals surface area contributed by atoms with Gasteiger partial charge >= 0.3 is 0 Å². The number of benzene rings is 2. The molecule has 0 saturated carbocycles. The summed E-state index contributed by atoms with van der Waals surface area (Å²) in [6.45, 7) is 3.21. The molecule has 138 valence electrons. The van der Waals surface area contributed by atoms with E-state index in [0.717, 1.165) is 28.6 Å². The van der Waals surface area contributed by atoms with E-state index in [0.29, 0.717) is 19.6 Å². The van der Waals surface area contributed by atoms with Crippen molar-refractivity contribution >= 4 is 17.7 Å². The monoisotopic (exact) mass is 371 g/mol. The molecule has 0 aliphatic carbocycles. The molecule has 3 rings (SSSR count). The number of carbonyl (C=O) groups is 1. The van der Waals surface area contributed by atoms with Crippen molar-refractivity contribution in [1.29, 1.82) is 0 Å². The topological polar surface area (TPSA) is 47.6 Å². The molecular formula is C21H25NO3S. The van der Waals surface area contributed by atoms with Crippen LogP contribution < -0.4 is 14.8 Å². The van der Waals surface area contributed by atoms with E-state index in [1.807, 2.05) is 30.0 Å². The van der Waals surface area contributed by atoms with Crippen LogP contribution in [0.2, 0.25) is 0 Å². The molecule has 1 heterocycles. The summed E-state index contributed by atoms with van der Waals surface area (Å²) in [7, 11) is 1.63. The molecular weight excluding hydrogens is 346 g/mol. The number of hydrogen-bond donors (Lipinski definition) is 1. The van der Waals surface area contributed by atoms with Gasteiger partial charge in [-0.05, 0) is 36.1 Å². The fourth-order valence-electron chi connectivity index (χ4n) is 3.07. The Kier molecular flexibility index (Phi) is 6.45. The smallest absolute Gasteiger partial charge is 0.226 e. The van der Waals surface area contributed by atoms with Crippen LogP contribution in [0.5, 0.6) is 11.5 Å². The van der Waals surface area contributed by atoms with Crippen molar-refractivity contribution in [3.05, 3.63) is 59.2 Å². The van der Waals surface area contributed by atoms with Gasteiger partial charge in [0.2, 0.25) is 5.91 Å². The van der Waals surface area contributed by atoms with Gasteiger partial charge in [0.15, 0.2) is 11.5 Å². The van der Waals surface area contributed by atoms with Gasteiger partial charge in [0, 0.05) is 18.1 Å². The summed E-state index contributed by atoms with van der Waals surface area (Å²) in [6, 6.07) is 14.2. The number of methoxy groups -OCH3 is 1. The van der Waals surface area contributed by atoms with Gasteiger partial charge in [-0.2, -0.15) is 11.8 Å². The maximum absolute atomic E-state index is 12.4.